The molecule has 0 saturated carbocycles. The van der Waals surface area contributed by atoms with Crippen LogP contribution in [0.5, 0.6) is 0 Å². The monoisotopic (exact) mass is 326 g/mol. The Bertz CT molecular complexity index is 467. The Morgan fingerprint density at radius 2 is 1.58 bits per heavy atom. The van der Waals surface area contributed by atoms with Crippen LogP contribution in [0.3, 0.4) is 0 Å². The minimum Gasteiger partial charge on any atom is -0.465 e. The van der Waals surface area contributed by atoms with Crippen molar-refractivity contribution in [2.75, 3.05) is 26.2 Å². The van der Waals surface area contributed by atoms with E-state index in [1.807, 2.05) is 24.3 Å². The summed E-state index contributed by atoms with van der Waals surface area (Å²) < 4.78 is 0.985. The van der Waals surface area contributed by atoms with Crippen LogP contribution in [0.25, 0.3) is 0 Å². The number of hydrogen-bond acceptors (Lipinski definition) is 2. The first-order valence-corrected chi connectivity index (χ1v) is 6.85. The molecule has 0 bridgehead atoms. The Balaban J connectivity index is 1.88. The van der Waals surface area contributed by atoms with Gasteiger partial charge in [-0.15, -0.1) is 0 Å². The molecule has 2 amide bonds. The van der Waals surface area contributed by atoms with E-state index in [1.54, 1.807) is 4.90 Å². The molecule has 1 aliphatic rings. The van der Waals surface area contributed by atoms with Crippen LogP contribution in [0.15, 0.2) is 28.7 Å². The van der Waals surface area contributed by atoms with E-state index in [0.717, 1.165) is 10.0 Å². The van der Waals surface area contributed by atoms with Gasteiger partial charge in [0.25, 0.3) is 0 Å². The van der Waals surface area contributed by atoms with Gasteiger partial charge in [0.05, 0.1) is 6.42 Å². The van der Waals surface area contributed by atoms with Gasteiger partial charge in [-0.05, 0) is 17.7 Å². The molecule has 0 radical (unpaired) electrons. The number of carbonyl (C=O) groups excluding carboxylic acids is 1. The second kappa shape index (κ2) is 6.06. The van der Waals surface area contributed by atoms with Gasteiger partial charge in [0.2, 0.25) is 5.91 Å². The van der Waals surface area contributed by atoms with E-state index < -0.39 is 6.09 Å². The molecule has 1 fully saturated rings. The number of carboxylic acid groups (broad SMARTS) is 1. The van der Waals surface area contributed by atoms with E-state index in [0.29, 0.717) is 32.6 Å². The Kier molecular flexibility index (Phi) is 4.42. The quantitative estimate of drug-likeness (QED) is 0.901. The summed E-state index contributed by atoms with van der Waals surface area (Å²) in [6, 6.07) is 7.64. The van der Waals surface area contributed by atoms with Crippen LogP contribution in [-0.2, 0) is 11.2 Å². The maximum absolute atomic E-state index is 12.1. The molecular weight excluding hydrogens is 312 g/mol. The first kappa shape index (κ1) is 13.9. The van der Waals surface area contributed by atoms with Gasteiger partial charge in [-0.2, -0.15) is 0 Å². The molecule has 19 heavy (non-hydrogen) atoms. The van der Waals surface area contributed by atoms with E-state index in [-0.39, 0.29) is 5.91 Å². The normalized spacial score (nSPS) is 15.4. The van der Waals surface area contributed by atoms with Crippen LogP contribution < -0.4 is 0 Å². The van der Waals surface area contributed by atoms with Crippen LogP contribution in [0.1, 0.15) is 5.56 Å². The van der Waals surface area contributed by atoms with Crippen molar-refractivity contribution < 1.29 is 14.7 Å². The molecule has 0 aliphatic carbocycles. The molecule has 1 heterocycles. The highest BCUT2D eigenvalue weighted by Crippen LogP contribution is 2.12. The molecule has 0 atom stereocenters. The summed E-state index contributed by atoms with van der Waals surface area (Å²) in [6.45, 7) is 1.73. The highest BCUT2D eigenvalue weighted by Gasteiger charge is 2.23. The Morgan fingerprint density at radius 1 is 1.05 bits per heavy atom. The van der Waals surface area contributed by atoms with Gasteiger partial charge in [0.1, 0.15) is 0 Å². The molecule has 1 N–H and O–H groups in total. The second-order valence-corrected chi connectivity index (χ2v) is 5.37. The fraction of sp³-hybridized carbons (Fsp3) is 0.385. The molecule has 0 aromatic heterocycles. The van der Waals surface area contributed by atoms with Crippen molar-refractivity contribution >= 4 is 27.9 Å². The lowest BCUT2D eigenvalue weighted by atomic mass is 10.1. The molecule has 1 aromatic carbocycles. The smallest absolute Gasteiger partial charge is 0.407 e. The van der Waals surface area contributed by atoms with Gasteiger partial charge in [0.15, 0.2) is 0 Å². The first-order chi connectivity index (χ1) is 9.06. The number of amides is 2. The zero-order valence-electron chi connectivity index (χ0n) is 10.4. The van der Waals surface area contributed by atoms with Crippen molar-refractivity contribution in [3.8, 4) is 0 Å². The topological polar surface area (TPSA) is 60.9 Å². The minimum absolute atomic E-state index is 0.0485. The summed E-state index contributed by atoms with van der Waals surface area (Å²) in [5.41, 5.74) is 0.967. The van der Waals surface area contributed by atoms with E-state index in [9.17, 15) is 9.59 Å². The number of benzene rings is 1. The van der Waals surface area contributed by atoms with Crippen LogP contribution >= 0.6 is 15.9 Å². The number of rotatable bonds is 2. The summed E-state index contributed by atoms with van der Waals surface area (Å²) in [7, 11) is 0. The van der Waals surface area contributed by atoms with Gasteiger partial charge in [-0.1, -0.05) is 28.1 Å². The summed E-state index contributed by atoms with van der Waals surface area (Å²) in [5, 5.41) is 8.84. The van der Waals surface area contributed by atoms with Gasteiger partial charge in [-0.3, -0.25) is 4.79 Å². The number of carbonyl (C=O) groups is 2. The standard InChI is InChI=1S/C13H15BrN2O3/c14-11-3-1-10(2-4-11)9-12(17)15-5-7-16(8-6-15)13(18)19/h1-4H,5-9H2,(H,18,19). The van der Waals surface area contributed by atoms with Crippen molar-refractivity contribution in [2.45, 2.75) is 6.42 Å². The van der Waals surface area contributed by atoms with Gasteiger partial charge in [0, 0.05) is 30.7 Å². The average molecular weight is 327 g/mol. The number of halogens is 1. The predicted molar refractivity (Wildman–Crippen MR) is 74.0 cm³/mol. The van der Waals surface area contributed by atoms with Gasteiger partial charge in [-0.25, -0.2) is 4.79 Å². The SMILES string of the molecule is O=C(O)N1CCN(C(=O)Cc2ccc(Br)cc2)CC1. The lowest BCUT2D eigenvalue weighted by Gasteiger charge is -2.33. The fourth-order valence-electron chi connectivity index (χ4n) is 2.04. The van der Waals surface area contributed by atoms with E-state index in [2.05, 4.69) is 15.9 Å². The summed E-state index contributed by atoms with van der Waals surface area (Å²) in [6.07, 6.45) is -0.555. The highest BCUT2D eigenvalue weighted by atomic mass is 79.9. The summed E-state index contributed by atoms with van der Waals surface area (Å²) >= 11 is 3.35. The second-order valence-electron chi connectivity index (χ2n) is 4.45. The zero-order valence-corrected chi connectivity index (χ0v) is 12.0. The van der Waals surface area contributed by atoms with Crippen molar-refractivity contribution in [3.05, 3.63) is 34.3 Å². The third-order valence-corrected chi connectivity index (χ3v) is 3.70. The van der Waals surface area contributed by atoms with Crippen LogP contribution in [0.4, 0.5) is 4.79 Å². The number of piperazine rings is 1. The maximum atomic E-state index is 12.1. The molecule has 0 spiro atoms. The Labute approximate surface area is 119 Å². The third-order valence-electron chi connectivity index (χ3n) is 3.17. The van der Waals surface area contributed by atoms with Crippen LogP contribution in [-0.4, -0.2) is 53.1 Å². The number of hydrogen-bond donors (Lipinski definition) is 1. The van der Waals surface area contributed by atoms with Crippen LogP contribution in [0.2, 0.25) is 0 Å². The van der Waals surface area contributed by atoms with Crippen molar-refractivity contribution in [1.82, 2.24) is 9.80 Å². The van der Waals surface area contributed by atoms with Crippen LogP contribution in [0, 0.1) is 0 Å². The number of nitrogens with zero attached hydrogens (tertiary/aromatic N) is 2. The van der Waals surface area contributed by atoms with Crippen molar-refractivity contribution in [3.63, 3.8) is 0 Å². The summed E-state index contributed by atoms with van der Waals surface area (Å²) in [5.74, 6) is 0.0485. The Hall–Kier alpha value is -1.56. The molecule has 1 aliphatic heterocycles. The first-order valence-electron chi connectivity index (χ1n) is 6.06. The van der Waals surface area contributed by atoms with E-state index in [1.165, 1.54) is 4.90 Å². The lowest BCUT2D eigenvalue weighted by molar-refractivity contribution is -0.132. The molecule has 102 valence electrons. The largest absolute Gasteiger partial charge is 0.465 e. The highest BCUT2D eigenvalue weighted by molar-refractivity contribution is 9.10. The molecule has 1 saturated heterocycles. The molecule has 2 rings (SSSR count). The summed E-state index contributed by atoms with van der Waals surface area (Å²) in [4.78, 5) is 25.9. The minimum atomic E-state index is -0.917. The molecular formula is C13H15BrN2O3. The van der Waals surface area contributed by atoms with E-state index >= 15 is 0 Å². The van der Waals surface area contributed by atoms with Gasteiger partial charge >= 0.3 is 6.09 Å². The molecule has 0 unspecified atom stereocenters. The lowest BCUT2D eigenvalue weighted by Crippen LogP contribution is -2.50. The maximum Gasteiger partial charge on any atom is 0.407 e. The Morgan fingerprint density at radius 3 is 2.11 bits per heavy atom. The third kappa shape index (κ3) is 3.70. The average Bonchev–Trinajstić information content (AvgIpc) is 2.41. The fourth-order valence-corrected chi connectivity index (χ4v) is 2.30. The predicted octanol–water partition coefficient (Wildman–Crippen LogP) is 1.81. The zero-order chi connectivity index (χ0) is 13.8. The van der Waals surface area contributed by atoms with Crippen molar-refractivity contribution in [2.24, 2.45) is 0 Å². The molecule has 6 heteroatoms. The molecule has 5 nitrogen and oxygen atoms in total. The van der Waals surface area contributed by atoms with Gasteiger partial charge < -0.3 is 14.9 Å². The van der Waals surface area contributed by atoms with E-state index in [4.69, 9.17) is 5.11 Å². The van der Waals surface area contributed by atoms with Crippen molar-refractivity contribution in [1.29, 1.82) is 0 Å². The molecule has 1 aromatic rings.